The van der Waals surface area contributed by atoms with Crippen molar-refractivity contribution in [1.29, 1.82) is 0 Å². The van der Waals surface area contributed by atoms with Gasteiger partial charge in [-0.1, -0.05) is 24.3 Å². The number of thiol groups is 1. The first-order valence-electron chi connectivity index (χ1n) is 3.36. The lowest BCUT2D eigenvalue weighted by Crippen LogP contribution is -1.81. The fourth-order valence-corrected chi connectivity index (χ4v) is 1.11. The first-order chi connectivity index (χ1) is 5.34. The first kappa shape index (κ1) is 8.34. The second-order valence-electron chi connectivity index (χ2n) is 2.19. The molecule has 0 radical (unpaired) electrons. The highest BCUT2D eigenvalue weighted by atomic mass is 32.1. The Morgan fingerprint density at radius 1 is 1.36 bits per heavy atom. The zero-order valence-electron chi connectivity index (χ0n) is 6.00. The van der Waals surface area contributed by atoms with E-state index in [4.69, 9.17) is 0 Å². The maximum Gasteiger partial charge on any atom is 0.0830 e. The van der Waals surface area contributed by atoms with Gasteiger partial charge in [0.2, 0.25) is 0 Å². The van der Waals surface area contributed by atoms with Crippen molar-refractivity contribution < 1.29 is 4.39 Å². The van der Waals surface area contributed by atoms with Crippen molar-refractivity contribution in [1.82, 2.24) is 0 Å². The van der Waals surface area contributed by atoms with Gasteiger partial charge in [-0.2, -0.15) is 0 Å². The van der Waals surface area contributed by atoms with Crippen LogP contribution in [-0.2, 0) is 6.42 Å². The van der Waals surface area contributed by atoms with Gasteiger partial charge in [0.1, 0.15) is 0 Å². The van der Waals surface area contributed by atoms with E-state index in [-0.39, 0.29) is 0 Å². The molecule has 0 aliphatic carbocycles. The van der Waals surface area contributed by atoms with Crippen molar-refractivity contribution in [2.24, 2.45) is 0 Å². The molecule has 1 rings (SSSR count). The number of allylic oxidation sites excluding steroid dienone is 1. The predicted octanol–water partition coefficient (Wildman–Crippen LogP) is 3.00. The molecule has 11 heavy (non-hydrogen) atoms. The van der Waals surface area contributed by atoms with E-state index in [1.54, 1.807) is 0 Å². The molecule has 0 aliphatic heterocycles. The number of rotatable bonds is 2. The lowest BCUT2D eigenvalue weighted by molar-refractivity contribution is 0.716. The molecule has 0 amide bonds. The van der Waals surface area contributed by atoms with Crippen LogP contribution < -0.4 is 0 Å². The Kier molecular flexibility index (Phi) is 3.17. The van der Waals surface area contributed by atoms with Crippen molar-refractivity contribution >= 4 is 12.6 Å². The summed E-state index contributed by atoms with van der Waals surface area (Å²) in [6, 6.07) is 7.65. The smallest absolute Gasteiger partial charge is 0.0830 e. The molecule has 0 heterocycles. The molecule has 0 N–H and O–H groups in total. The van der Waals surface area contributed by atoms with Crippen molar-refractivity contribution in [3.8, 4) is 0 Å². The quantitative estimate of drug-likeness (QED) is 0.645. The van der Waals surface area contributed by atoms with Crippen LogP contribution in [-0.4, -0.2) is 0 Å². The fraction of sp³-hybridized carbons (Fsp3) is 0.111. The van der Waals surface area contributed by atoms with Crippen LogP contribution in [0.3, 0.4) is 0 Å². The summed E-state index contributed by atoms with van der Waals surface area (Å²) in [5.74, 6) is 0. The Balaban J connectivity index is 2.77. The van der Waals surface area contributed by atoms with Crippen molar-refractivity contribution in [3.05, 3.63) is 42.2 Å². The summed E-state index contributed by atoms with van der Waals surface area (Å²) >= 11 is 4.21. The Labute approximate surface area is 71.2 Å². The monoisotopic (exact) mass is 168 g/mol. The summed E-state index contributed by atoms with van der Waals surface area (Å²) in [7, 11) is 0. The van der Waals surface area contributed by atoms with Crippen molar-refractivity contribution in [3.63, 3.8) is 0 Å². The van der Waals surface area contributed by atoms with E-state index >= 15 is 0 Å². The SMILES string of the molecule is FC=CCc1ccccc1S. The van der Waals surface area contributed by atoms with Gasteiger partial charge in [0.25, 0.3) is 0 Å². The summed E-state index contributed by atoms with van der Waals surface area (Å²) < 4.78 is 11.6. The number of hydrogen-bond donors (Lipinski definition) is 1. The molecule has 1 aromatic carbocycles. The van der Waals surface area contributed by atoms with E-state index in [1.165, 1.54) is 6.08 Å². The molecule has 0 aliphatic rings. The first-order valence-corrected chi connectivity index (χ1v) is 3.81. The van der Waals surface area contributed by atoms with Crippen LogP contribution in [0.2, 0.25) is 0 Å². The van der Waals surface area contributed by atoms with Crippen LogP contribution in [0, 0.1) is 0 Å². The summed E-state index contributed by atoms with van der Waals surface area (Å²) in [5, 5.41) is 0. The largest absolute Gasteiger partial charge is 0.216 e. The molecule has 0 atom stereocenters. The third-order valence-electron chi connectivity index (χ3n) is 1.42. The fourth-order valence-electron chi connectivity index (χ4n) is 0.855. The maximum absolute atomic E-state index is 11.6. The van der Waals surface area contributed by atoms with Gasteiger partial charge in [0.15, 0.2) is 0 Å². The molecule has 0 bridgehead atoms. The van der Waals surface area contributed by atoms with E-state index in [9.17, 15) is 4.39 Å². The molecule has 58 valence electrons. The van der Waals surface area contributed by atoms with E-state index in [2.05, 4.69) is 12.6 Å². The van der Waals surface area contributed by atoms with Crippen LogP contribution in [0.5, 0.6) is 0 Å². The van der Waals surface area contributed by atoms with Crippen molar-refractivity contribution in [2.75, 3.05) is 0 Å². The Morgan fingerprint density at radius 2 is 2.09 bits per heavy atom. The minimum Gasteiger partial charge on any atom is -0.216 e. The third-order valence-corrected chi connectivity index (χ3v) is 1.85. The van der Waals surface area contributed by atoms with Gasteiger partial charge < -0.3 is 0 Å². The normalized spacial score (nSPS) is 10.7. The average Bonchev–Trinajstić information content (AvgIpc) is 2.03. The van der Waals surface area contributed by atoms with Crippen LogP contribution >= 0.6 is 12.6 Å². The summed E-state index contributed by atoms with van der Waals surface area (Å²) in [5.41, 5.74) is 1.05. The lowest BCUT2D eigenvalue weighted by atomic mass is 10.1. The molecule has 0 fully saturated rings. The second-order valence-corrected chi connectivity index (χ2v) is 2.68. The maximum atomic E-state index is 11.6. The highest BCUT2D eigenvalue weighted by Crippen LogP contribution is 2.13. The number of benzene rings is 1. The average molecular weight is 168 g/mol. The molecule has 1 aromatic rings. The minimum absolute atomic E-state index is 0.556. The van der Waals surface area contributed by atoms with Crippen LogP contribution in [0.1, 0.15) is 5.56 Å². The zero-order chi connectivity index (χ0) is 8.10. The number of halogens is 1. The molecule has 0 nitrogen and oxygen atoms in total. The van der Waals surface area contributed by atoms with E-state index in [1.807, 2.05) is 24.3 Å². The molecule has 0 unspecified atom stereocenters. The lowest BCUT2D eigenvalue weighted by Gasteiger charge is -1.98. The Hall–Kier alpha value is -0.760. The van der Waals surface area contributed by atoms with Crippen molar-refractivity contribution in [2.45, 2.75) is 11.3 Å². The van der Waals surface area contributed by atoms with Crippen LogP contribution in [0.25, 0.3) is 0 Å². The Bertz CT molecular complexity index is 255. The summed E-state index contributed by atoms with van der Waals surface area (Å²) in [6.45, 7) is 0. The van der Waals surface area contributed by atoms with Gasteiger partial charge in [-0.15, -0.1) is 12.6 Å². The summed E-state index contributed by atoms with van der Waals surface area (Å²) in [4.78, 5) is 0.908. The van der Waals surface area contributed by atoms with Gasteiger partial charge >= 0.3 is 0 Å². The van der Waals surface area contributed by atoms with E-state index in [0.29, 0.717) is 12.8 Å². The van der Waals surface area contributed by atoms with E-state index in [0.717, 1.165) is 10.5 Å². The van der Waals surface area contributed by atoms with Gasteiger partial charge in [-0.3, -0.25) is 0 Å². The highest BCUT2D eigenvalue weighted by Gasteiger charge is 1.92. The molecule has 0 spiro atoms. The topological polar surface area (TPSA) is 0 Å². The van der Waals surface area contributed by atoms with Gasteiger partial charge in [0, 0.05) is 4.90 Å². The summed E-state index contributed by atoms with van der Waals surface area (Å²) in [6.07, 6.45) is 2.63. The molecular formula is C9H9FS. The molecule has 2 heteroatoms. The third kappa shape index (κ3) is 2.39. The Morgan fingerprint density at radius 3 is 2.73 bits per heavy atom. The predicted molar refractivity (Wildman–Crippen MR) is 47.6 cm³/mol. The number of hydrogen-bond acceptors (Lipinski definition) is 1. The molecule has 0 saturated carbocycles. The minimum atomic E-state index is 0.556. The van der Waals surface area contributed by atoms with Gasteiger partial charge in [-0.05, 0) is 18.1 Å². The van der Waals surface area contributed by atoms with Gasteiger partial charge in [-0.25, -0.2) is 4.39 Å². The molecular weight excluding hydrogens is 159 g/mol. The molecule has 0 saturated heterocycles. The second kappa shape index (κ2) is 4.19. The zero-order valence-corrected chi connectivity index (χ0v) is 6.89. The van der Waals surface area contributed by atoms with Crippen LogP contribution in [0.4, 0.5) is 4.39 Å². The molecule has 0 aromatic heterocycles. The van der Waals surface area contributed by atoms with E-state index < -0.39 is 0 Å². The standard InChI is InChI=1S/C9H9FS/c10-7-3-5-8-4-1-2-6-9(8)11/h1-4,6-7,11H,5H2. The van der Waals surface area contributed by atoms with Crippen LogP contribution in [0.15, 0.2) is 41.6 Å². The highest BCUT2D eigenvalue weighted by molar-refractivity contribution is 7.80. The van der Waals surface area contributed by atoms with Gasteiger partial charge in [0.05, 0.1) is 6.33 Å².